The zero-order chi connectivity index (χ0) is 22.8. The van der Waals surface area contributed by atoms with Crippen LogP contribution in [0.25, 0.3) is 6.08 Å². The van der Waals surface area contributed by atoms with Crippen LogP contribution in [-0.2, 0) is 25.7 Å². The lowest BCUT2D eigenvalue weighted by molar-refractivity contribution is -0.384. The Morgan fingerprint density at radius 2 is 1.74 bits per heavy atom. The molecule has 3 rings (SSSR count). The van der Waals surface area contributed by atoms with Gasteiger partial charge in [0, 0.05) is 31.5 Å². The Morgan fingerprint density at radius 3 is 2.32 bits per heavy atom. The molecule has 31 heavy (non-hydrogen) atoms. The lowest BCUT2D eigenvalue weighted by Gasteiger charge is -2.29. The fourth-order valence-electron chi connectivity index (χ4n) is 2.82. The van der Waals surface area contributed by atoms with Crippen LogP contribution in [0.1, 0.15) is 25.0 Å². The molecule has 1 fully saturated rings. The zero-order valence-corrected chi connectivity index (χ0v) is 17.6. The van der Waals surface area contributed by atoms with Gasteiger partial charge in [-0.1, -0.05) is 17.7 Å². The molecule has 0 aliphatic carbocycles. The summed E-state index contributed by atoms with van der Waals surface area (Å²) in [4.78, 5) is 34.6. The number of halogens is 1. The molecule has 0 saturated carbocycles. The number of cyclic esters (lactones) is 2. The van der Waals surface area contributed by atoms with Crippen LogP contribution < -0.4 is 9.47 Å². The highest BCUT2D eigenvalue weighted by atomic mass is 35.5. The molecule has 0 bridgehead atoms. The smallest absolute Gasteiger partial charge is 0.348 e. The average Bonchev–Trinajstić information content (AvgIpc) is 2.69. The van der Waals surface area contributed by atoms with Crippen LogP contribution in [0, 0.1) is 10.1 Å². The van der Waals surface area contributed by atoms with E-state index in [1.165, 1.54) is 45.2 Å². The number of carbonyl (C=O) groups is 2. The Kier molecular flexibility index (Phi) is 6.16. The monoisotopic (exact) mass is 447 g/mol. The molecule has 0 radical (unpaired) electrons. The van der Waals surface area contributed by atoms with Crippen LogP contribution >= 0.6 is 11.6 Å². The van der Waals surface area contributed by atoms with Gasteiger partial charge in [-0.25, -0.2) is 9.59 Å². The summed E-state index contributed by atoms with van der Waals surface area (Å²) in [7, 11) is 1.48. The number of hydrogen-bond acceptors (Lipinski definition) is 8. The van der Waals surface area contributed by atoms with E-state index < -0.39 is 22.6 Å². The van der Waals surface area contributed by atoms with Gasteiger partial charge in [-0.3, -0.25) is 10.1 Å². The van der Waals surface area contributed by atoms with Gasteiger partial charge in [-0.15, -0.1) is 0 Å². The van der Waals surface area contributed by atoms with Crippen LogP contribution in [0.2, 0.25) is 5.02 Å². The predicted octanol–water partition coefficient (Wildman–Crippen LogP) is 4.06. The topological polar surface area (TPSA) is 114 Å². The highest BCUT2D eigenvalue weighted by Gasteiger charge is 2.38. The Labute approximate surface area is 182 Å². The molecule has 1 heterocycles. The van der Waals surface area contributed by atoms with Crippen LogP contribution in [0.3, 0.4) is 0 Å². The number of carbonyl (C=O) groups excluding carboxylic acids is 2. The Bertz CT molecular complexity index is 1070. The van der Waals surface area contributed by atoms with Gasteiger partial charge in [0.25, 0.3) is 11.5 Å². The first-order valence-electron chi connectivity index (χ1n) is 9.01. The SMILES string of the molecule is COc1ccc(C=C2C(=O)OC(C)(C)OC2=O)cc1COc1ccc([N+](=O)[O-])cc1Cl. The number of esters is 2. The molecule has 1 aliphatic rings. The van der Waals surface area contributed by atoms with Crippen molar-refractivity contribution >= 4 is 35.3 Å². The summed E-state index contributed by atoms with van der Waals surface area (Å²) in [6, 6.07) is 8.82. The molecule has 1 aliphatic heterocycles. The number of ether oxygens (including phenoxy) is 4. The van der Waals surface area contributed by atoms with Crippen LogP contribution in [0.5, 0.6) is 11.5 Å². The molecule has 10 heteroatoms. The summed E-state index contributed by atoms with van der Waals surface area (Å²) in [5.74, 6) is -2.15. The lowest BCUT2D eigenvalue weighted by Crippen LogP contribution is -2.41. The van der Waals surface area contributed by atoms with Gasteiger partial charge in [-0.05, 0) is 29.8 Å². The molecule has 9 nitrogen and oxygen atoms in total. The summed E-state index contributed by atoms with van der Waals surface area (Å²) in [5.41, 5.74) is 0.703. The molecule has 0 atom stereocenters. The molecule has 0 N–H and O–H groups in total. The molecule has 0 aromatic heterocycles. The molecule has 162 valence electrons. The van der Waals surface area contributed by atoms with Gasteiger partial charge in [-0.2, -0.15) is 0 Å². The molecule has 0 unspecified atom stereocenters. The molecule has 2 aromatic carbocycles. The molecule has 1 saturated heterocycles. The summed E-state index contributed by atoms with van der Waals surface area (Å²) in [6.45, 7) is 2.94. The number of nitro benzene ring substituents is 1. The maximum atomic E-state index is 12.2. The second-order valence-electron chi connectivity index (χ2n) is 6.97. The van der Waals surface area contributed by atoms with Crippen molar-refractivity contribution in [2.24, 2.45) is 0 Å². The molecular weight excluding hydrogens is 430 g/mol. The third-order valence-electron chi connectivity index (χ3n) is 4.24. The van der Waals surface area contributed by atoms with Crippen LogP contribution in [-0.4, -0.2) is 29.8 Å². The minimum absolute atomic E-state index is 0.0135. The molecule has 0 amide bonds. The highest BCUT2D eigenvalue weighted by Crippen LogP contribution is 2.31. The van der Waals surface area contributed by atoms with Gasteiger partial charge < -0.3 is 18.9 Å². The predicted molar refractivity (Wildman–Crippen MR) is 110 cm³/mol. The fourth-order valence-corrected chi connectivity index (χ4v) is 3.05. The van der Waals surface area contributed by atoms with Gasteiger partial charge in [0.05, 0.1) is 17.1 Å². The minimum atomic E-state index is -1.32. The quantitative estimate of drug-likeness (QED) is 0.214. The van der Waals surface area contributed by atoms with E-state index in [1.807, 2.05) is 0 Å². The third kappa shape index (κ3) is 5.13. The van der Waals surface area contributed by atoms with Crippen LogP contribution in [0.4, 0.5) is 5.69 Å². The number of hydrogen-bond donors (Lipinski definition) is 0. The normalized spacial score (nSPS) is 15.0. The van der Waals surface area contributed by atoms with Crippen molar-refractivity contribution in [3.63, 3.8) is 0 Å². The third-order valence-corrected chi connectivity index (χ3v) is 4.54. The summed E-state index contributed by atoms with van der Waals surface area (Å²) in [6.07, 6.45) is 1.35. The van der Waals surface area contributed by atoms with E-state index in [2.05, 4.69) is 0 Å². The largest absolute Gasteiger partial charge is 0.496 e. The van der Waals surface area contributed by atoms with Gasteiger partial charge in [0.1, 0.15) is 23.7 Å². The second kappa shape index (κ2) is 8.65. The first-order valence-corrected chi connectivity index (χ1v) is 9.39. The first kappa shape index (κ1) is 22.1. The summed E-state index contributed by atoms with van der Waals surface area (Å²) >= 11 is 6.06. The number of benzene rings is 2. The number of nitro groups is 1. The maximum absolute atomic E-state index is 12.2. The van der Waals surface area contributed by atoms with E-state index in [-0.39, 0.29) is 28.6 Å². The van der Waals surface area contributed by atoms with Gasteiger partial charge in [0.2, 0.25) is 0 Å². The van der Waals surface area contributed by atoms with Crippen molar-refractivity contribution in [3.8, 4) is 11.5 Å². The van der Waals surface area contributed by atoms with Gasteiger partial charge >= 0.3 is 11.9 Å². The number of rotatable bonds is 6. The average molecular weight is 448 g/mol. The molecule has 2 aromatic rings. The van der Waals surface area contributed by atoms with Crippen molar-refractivity contribution in [2.45, 2.75) is 26.2 Å². The van der Waals surface area contributed by atoms with Gasteiger partial charge in [0.15, 0.2) is 0 Å². The lowest BCUT2D eigenvalue weighted by atomic mass is 10.1. The van der Waals surface area contributed by atoms with E-state index in [4.69, 9.17) is 30.5 Å². The van der Waals surface area contributed by atoms with Crippen molar-refractivity contribution in [1.29, 1.82) is 0 Å². The highest BCUT2D eigenvalue weighted by molar-refractivity contribution is 6.32. The Balaban J connectivity index is 1.84. The fraction of sp³-hybridized carbons (Fsp3) is 0.238. The Morgan fingerprint density at radius 1 is 1.10 bits per heavy atom. The standard InChI is InChI=1S/C21H18ClNO8/c1-21(2)30-19(24)15(20(25)31-21)9-12-4-6-17(28-3)13(8-12)11-29-18-7-5-14(23(26)27)10-16(18)22/h4-10H,11H2,1-3H3. The zero-order valence-electron chi connectivity index (χ0n) is 16.8. The van der Waals surface area contributed by atoms with E-state index in [0.717, 1.165) is 0 Å². The summed E-state index contributed by atoms with van der Waals surface area (Å²) in [5, 5.41) is 10.9. The van der Waals surface area contributed by atoms with Crippen molar-refractivity contribution in [2.75, 3.05) is 7.11 Å². The maximum Gasteiger partial charge on any atom is 0.348 e. The van der Waals surface area contributed by atoms with E-state index in [0.29, 0.717) is 16.9 Å². The van der Waals surface area contributed by atoms with Crippen molar-refractivity contribution in [3.05, 3.63) is 68.2 Å². The molecular formula is C21H18ClNO8. The first-order chi connectivity index (χ1) is 14.6. The van der Waals surface area contributed by atoms with Crippen LogP contribution in [0.15, 0.2) is 42.0 Å². The second-order valence-corrected chi connectivity index (χ2v) is 7.38. The van der Waals surface area contributed by atoms with E-state index in [9.17, 15) is 19.7 Å². The van der Waals surface area contributed by atoms with Crippen molar-refractivity contribution < 1.29 is 33.5 Å². The molecule has 0 spiro atoms. The Hall–Kier alpha value is -3.59. The van der Waals surface area contributed by atoms with E-state index >= 15 is 0 Å². The van der Waals surface area contributed by atoms with E-state index in [1.54, 1.807) is 18.2 Å². The number of methoxy groups -OCH3 is 1. The minimum Gasteiger partial charge on any atom is -0.496 e. The number of nitrogens with zero attached hydrogens (tertiary/aromatic N) is 1. The summed E-state index contributed by atoms with van der Waals surface area (Å²) < 4.78 is 21.2. The number of non-ortho nitro benzene ring substituents is 1. The van der Waals surface area contributed by atoms with Crippen molar-refractivity contribution in [1.82, 2.24) is 0 Å².